The Morgan fingerprint density at radius 2 is 1.39 bits per heavy atom. The van der Waals surface area contributed by atoms with Crippen molar-refractivity contribution in [3.63, 3.8) is 0 Å². The van der Waals surface area contributed by atoms with E-state index in [1.807, 2.05) is 60.7 Å². The molecule has 2 N–H and O–H groups in total. The summed E-state index contributed by atoms with van der Waals surface area (Å²) in [5, 5.41) is -1.23. The normalized spacial score (nSPS) is 14.4. The first-order valence-electron chi connectivity index (χ1n) is 7.83. The molecule has 5 heteroatoms. The van der Waals surface area contributed by atoms with Gasteiger partial charge in [-0.3, -0.25) is 4.57 Å². The van der Waals surface area contributed by atoms with Crippen molar-refractivity contribution >= 4 is 7.60 Å². The van der Waals surface area contributed by atoms with Gasteiger partial charge in [0, 0.05) is 6.42 Å². The lowest BCUT2D eigenvalue weighted by atomic mass is 9.99. The summed E-state index contributed by atoms with van der Waals surface area (Å²) in [4.78, 5) is 0. The van der Waals surface area contributed by atoms with Crippen molar-refractivity contribution < 1.29 is 13.6 Å². The van der Waals surface area contributed by atoms with E-state index in [0.717, 1.165) is 11.1 Å². The van der Waals surface area contributed by atoms with Crippen LogP contribution >= 0.6 is 7.60 Å². The molecule has 0 aliphatic carbocycles. The highest BCUT2D eigenvalue weighted by molar-refractivity contribution is 7.55. The molecule has 1 atom stereocenters. The van der Waals surface area contributed by atoms with Crippen molar-refractivity contribution in [1.29, 1.82) is 0 Å². The molecule has 0 heterocycles. The van der Waals surface area contributed by atoms with Crippen LogP contribution in [0, 0.1) is 0 Å². The van der Waals surface area contributed by atoms with E-state index >= 15 is 0 Å². The van der Waals surface area contributed by atoms with E-state index in [9.17, 15) is 4.57 Å². The topological polar surface area (TPSA) is 61.5 Å². The Morgan fingerprint density at radius 1 is 0.913 bits per heavy atom. The van der Waals surface area contributed by atoms with Gasteiger partial charge in [-0.1, -0.05) is 60.7 Å². The molecule has 0 saturated heterocycles. The number of hydrogen-bond donors (Lipinski definition) is 1. The second kappa shape index (κ2) is 7.89. The van der Waals surface area contributed by atoms with E-state index in [-0.39, 0.29) is 13.2 Å². The van der Waals surface area contributed by atoms with Gasteiger partial charge in [0.1, 0.15) is 5.28 Å². The standard InChI is InChI=1S/C18H24NO3P/c1-3-21-23(20,22-4-2)18(19,17-13-9-6-10-14-17)15-16-11-7-5-8-12-16/h5-14H,3-4,15,19H2,1-2H3. The zero-order chi connectivity index (χ0) is 16.8. The van der Waals surface area contributed by atoms with E-state index < -0.39 is 12.9 Å². The van der Waals surface area contributed by atoms with Gasteiger partial charge in [-0.2, -0.15) is 0 Å². The zero-order valence-corrected chi connectivity index (χ0v) is 14.5. The molecule has 0 aromatic heterocycles. The lowest BCUT2D eigenvalue weighted by Crippen LogP contribution is -2.40. The minimum atomic E-state index is -3.55. The Balaban J connectivity index is 2.52. The molecule has 1 unspecified atom stereocenters. The van der Waals surface area contributed by atoms with Crippen LogP contribution in [-0.4, -0.2) is 13.2 Å². The summed E-state index contributed by atoms with van der Waals surface area (Å²) in [7, 11) is -3.55. The first-order valence-corrected chi connectivity index (χ1v) is 9.37. The van der Waals surface area contributed by atoms with Crippen LogP contribution in [0.3, 0.4) is 0 Å². The Hall–Kier alpha value is -1.45. The quantitative estimate of drug-likeness (QED) is 0.731. The van der Waals surface area contributed by atoms with Gasteiger partial charge in [0.15, 0.2) is 0 Å². The fourth-order valence-electron chi connectivity index (χ4n) is 2.60. The molecule has 2 rings (SSSR count). The fraction of sp³-hybridized carbons (Fsp3) is 0.333. The van der Waals surface area contributed by atoms with Crippen molar-refractivity contribution in [3.05, 3.63) is 71.8 Å². The summed E-state index contributed by atoms with van der Waals surface area (Å²) in [6.07, 6.45) is 0.370. The van der Waals surface area contributed by atoms with E-state index in [4.69, 9.17) is 14.8 Å². The van der Waals surface area contributed by atoms with E-state index in [2.05, 4.69) is 0 Å². The molecule has 0 aliphatic rings. The lowest BCUT2D eigenvalue weighted by molar-refractivity contribution is 0.195. The van der Waals surface area contributed by atoms with Gasteiger partial charge in [-0.15, -0.1) is 0 Å². The van der Waals surface area contributed by atoms with Gasteiger partial charge in [-0.25, -0.2) is 0 Å². The summed E-state index contributed by atoms with van der Waals surface area (Å²) in [6, 6.07) is 19.1. The highest BCUT2D eigenvalue weighted by Crippen LogP contribution is 2.63. The molecule has 0 amide bonds. The van der Waals surface area contributed by atoms with Gasteiger partial charge in [-0.05, 0) is 25.0 Å². The van der Waals surface area contributed by atoms with Crippen LogP contribution in [-0.2, 0) is 25.3 Å². The lowest BCUT2D eigenvalue weighted by Gasteiger charge is -2.36. The third-order valence-electron chi connectivity index (χ3n) is 3.68. The van der Waals surface area contributed by atoms with Crippen LogP contribution in [0.15, 0.2) is 60.7 Å². The Bertz CT molecular complexity index is 638. The number of nitrogens with two attached hydrogens (primary N) is 1. The zero-order valence-electron chi connectivity index (χ0n) is 13.6. The van der Waals surface area contributed by atoms with Crippen LogP contribution < -0.4 is 5.73 Å². The van der Waals surface area contributed by atoms with Crippen LogP contribution in [0.1, 0.15) is 25.0 Å². The van der Waals surface area contributed by atoms with Gasteiger partial charge in [0.05, 0.1) is 13.2 Å². The van der Waals surface area contributed by atoms with Crippen LogP contribution in [0.4, 0.5) is 0 Å². The molecule has 124 valence electrons. The molecule has 0 fully saturated rings. The van der Waals surface area contributed by atoms with E-state index in [0.29, 0.717) is 6.42 Å². The van der Waals surface area contributed by atoms with Crippen molar-refractivity contribution in [2.45, 2.75) is 25.5 Å². The maximum atomic E-state index is 13.5. The molecule has 0 aliphatic heterocycles. The first-order chi connectivity index (χ1) is 11.1. The van der Waals surface area contributed by atoms with Gasteiger partial charge >= 0.3 is 7.60 Å². The SMILES string of the molecule is CCOP(=O)(OCC)C(N)(Cc1ccccc1)c1ccccc1. The minimum absolute atomic E-state index is 0.276. The summed E-state index contributed by atoms with van der Waals surface area (Å²) in [5.41, 5.74) is 8.42. The number of hydrogen-bond acceptors (Lipinski definition) is 4. The monoisotopic (exact) mass is 333 g/mol. The largest absolute Gasteiger partial charge is 0.355 e. The van der Waals surface area contributed by atoms with Gasteiger partial charge in [0.25, 0.3) is 0 Å². The van der Waals surface area contributed by atoms with Crippen LogP contribution in [0.25, 0.3) is 0 Å². The second-order valence-electron chi connectivity index (χ2n) is 5.29. The number of benzene rings is 2. The number of rotatable bonds is 8. The van der Waals surface area contributed by atoms with Crippen molar-refractivity contribution in [2.75, 3.05) is 13.2 Å². The maximum absolute atomic E-state index is 13.5. The van der Waals surface area contributed by atoms with Gasteiger partial charge < -0.3 is 14.8 Å². The van der Waals surface area contributed by atoms with E-state index in [1.165, 1.54) is 0 Å². The molecule has 0 radical (unpaired) electrons. The highest BCUT2D eigenvalue weighted by atomic mass is 31.2. The molecule has 23 heavy (non-hydrogen) atoms. The Kier molecular flexibility index (Phi) is 6.14. The molecular formula is C18H24NO3P. The van der Waals surface area contributed by atoms with E-state index in [1.54, 1.807) is 13.8 Å². The van der Waals surface area contributed by atoms with Crippen LogP contribution in [0.2, 0.25) is 0 Å². The molecule has 2 aromatic rings. The minimum Gasteiger partial charge on any atom is -0.311 e. The molecule has 0 spiro atoms. The van der Waals surface area contributed by atoms with Crippen molar-refractivity contribution in [1.82, 2.24) is 0 Å². The molecule has 2 aromatic carbocycles. The predicted molar refractivity (Wildman–Crippen MR) is 93.3 cm³/mol. The second-order valence-corrected chi connectivity index (χ2v) is 7.60. The Labute approximate surface area is 138 Å². The summed E-state index contributed by atoms with van der Waals surface area (Å²) in [6.45, 7) is 4.13. The fourth-order valence-corrected chi connectivity index (χ4v) is 4.66. The van der Waals surface area contributed by atoms with Crippen LogP contribution in [0.5, 0.6) is 0 Å². The average molecular weight is 333 g/mol. The smallest absolute Gasteiger partial charge is 0.311 e. The molecule has 0 saturated carbocycles. The Morgan fingerprint density at radius 3 is 1.87 bits per heavy atom. The van der Waals surface area contributed by atoms with Gasteiger partial charge in [0.2, 0.25) is 0 Å². The molecule has 4 nitrogen and oxygen atoms in total. The third kappa shape index (κ3) is 3.91. The average Bonchev–Trinajstić information content (AvgIpc) is 2.57. The first kappa shape index (κ1) is 17.9. The summed E-state index contributed by atoms with van der Waals surface area (Å²) < 4.78 is 24.6. The maximum Gasteiger partial charge on any atom is 0.355 e. The highest BCUT2D eigenvalue weighted by Gasteiger charge is 2.49. The van der Waals surface area contributed by atoms with Crippen molar-refractivity contribution in [3.8, 4) is 0 Å². The summed E-state index contributed by atoms with van der Waals surface area (Å²) >= 11 is 0. The third-order valence-corrected chi connectivity index (χ3v) is 6.27. The summed E-state index contributed by atoms with van der Waals surface area (Å²) in [5.74, 6) is 0. The predicted octanol–water partition coefficient (Wildman–Crippen LogP) is 4.31. The molecule has 0 bridgehead atoms. The van der Waals surface area contributed by atoms with Crippen molar-refractivity contribution in [2.24, 2.45) is 5.73 Å². The molecular weight excluding hydrogens is 309 g/mol.